The van der Waals surface area contributed by atoms with E-state index in [2.05, 4.69) is 15.5 Å². The largest absolute Gasteiger partial charge is 0.497 e. The molecule has 2 aromatic carbocycles. The number of amides is 4. The number of imide groups is 1. The molecule has 2 aromatic rings. The van der Waals surface area contributed by atoms with Crippen molar-refractivity contribution in [3.8, 4) is 5.75 Å². The normalized spacial score (nSPS) is 18.0. The third-order valence-corrected chi connectivity index (χ3v) is 5.43. The number of para-hydroxylation sites is 1. The molecule has 0 unspecified atom stereocenters. The van der Waals surface area contributed by atoms with Gasteiger partial charge in [0.1, 0.15) is 17.8 Å². The summed E-state index contributed by atoms with van der Waals surface area (Å²) in [4.78, 5) is 40.7. The van der Waals surface area contributed by atoms with E-state index in [4.69, 9.17) is 4.74 Å². The number of benzene rings is 2. The minimum absolute atomic E-state index is 0.315. The topological polar surface area (TPSA) is 91.0 Å². The van der Waals surface area contributed by atoms with Crippen LogP contribution >= 0.6 is 0 Å². The number of rotatable bonds is 9. The second kappa shape index (κ2) is 9.51. The zero-order valence-electron chi connectivity index (χ0n) is 18.1. The lowest BCUT2D eigenvalue weighted by Crippen LogP contribution is -2.43. The standard InChI is InChI=1S/C23H28N4O4/c1-23(17-10-12-19(31-3)13-11-17)21(29)27(22(30)25-23)16-20(28)24-14-7-15-26(2)18-8-5-4-6-9-18/h4-6,8-13H,7,14-16H2,1-3H3,(H,24,28)(H,25,30)/t23-/m0/s1. The van der Waals surface area contributed by atoms with E-state index in [9.17, 15) is 14.4 Å². The number of urea groups is 1. The summed E-state index contributed by atoms with van der Waals surface area (Å²) in [7, 11) is 3.55. The van der Waals surface area contributed by atoms with Gasteiger partial charge in [0.05, 0.1) is 7.11 Å². The number of nitrogens with zero attached hydrogens (tertiary/aromatic N) is 2. The van der Waals surface area contributed by atoms with E-state index >= 15 is 0 Å². The van der Waals surface area contributed by atoms with Gasteiger partial charge in [0.25, 0.3) is 5.91 Å². The van der Waals surface area contributed by atoms with Crippen LogP contribution in [0.2, 0.25) is 0 Å². The second-order valence-corrected chi connectivity index (χ2v) is 7.64. The first-order valence-corrected chi connectivity index (χ1v) is 10.2. The van der Waals surface area contributed by atoms with Crippen molar-refractivity contribution in [3.63, 3.8) is 0 Å². The quantitative estimate of drug-likeness (QED) is 0.475. The molecule has 1 aliphatic heterocycles. The fourth-order valence-corrected chi connectivity index (χ4v) is 3.52. The molecule has 8 nitrogen and oxygen atoms in total. The third kappa shape index (κ3) is 4.96. The molecule has 164 valence electrons. The average Bonchev–Trinajstić information content (AvgIpc) is 3.01. The molecular weight excluding hydrogens is 396 g/mol. The number of hydrogen-bond acceptors (Lipinski definition) is 5. The van der Waals surface area contributed by atoms with Gasteiger partial charge in [-0.3, -0.25) is 14.5 Å². The van der Waals surface area contributed by atoms with E-state index in [1.807, 2.05) is 37.4 Å². The lowest BCUT2D eigenvalue weighted by atomic mass is 9.92. The Hall–Kier alpha value is -3.55. The zero-order chi connectivity index (χ0) is 22.4. The zero-order valence-corrected chi connectivity index (χ0v) is 18.1. The Labute approximate surface area is 182 Å². The maximum atomic E-state index is 12.9. The van der Waals surface area contributed by atoms with Crippen molar-refractivity contribution < 1.29 is 19.1 Å². The first kappa shape index (κ1) is 22.1. The van der Waals surface area contributed by atoms with Crippen molar-refractivity contribution in [1.29, 1.82) is 0 Å². The summed E-state index contributed by atoms with van der Waals surface area (Å²) >= 11 is 0. The van der Waals surface area contributed by atoms with Crippen molar-refractivity contribution in [2.45, 2.75) is 18.9 Å². The molecule has 1 atom stereocenters. The summed E-state index contributed by atoms with van der Waals surface area (Å²) in [5, 5.41) is 5.48. The van der Waals surface area contributed by atoms with Gasteiger partial charge in [-0.1, -0.05) is 30.3 Å². The highest BCUT2D eigenvalue weighted by atomic mass is 16.5. The average molecular weight is 425 g/mol. The molecule has 1 saturated heterocycles. The van der Waals surface area contributed by atoms with E-state index in [1.54, 1.807) is 38.3 Å². The highest BCUT2D eigenvalue weighted by molar-refractivity contribution is 6.09. The smallest absolute Gasteiger partial charge is 0.325 e. The molecule has 31 heavy (non-hydrogen) atoms. The van der Waals surface area contributed by atoms with Gasteiger partial charge >= 0.3 is 6.03 Å². The summed E-state index contributed by atoms with van der Waals surface area (Å²) in [6.07, 6.45) is 0.737. The molecule has 0 aliphatic carbocycles. The summed E-state index contributed by atoms with van der Waals surface area (Å²) in [6.45, 7) is 2.54. The second-order valence-electron chi connectivity index (χ2n) is 7.64. The minimum atomic E-state index is -1.22. The van der Waals surface area contributed by atoms with E-state index in [0.717, 1.165) is 23.6 Å². The Morgan fingerprint density at radius 3 is 2.45 bits per heavy atom. The highest BCUT2D eigenvalue weighted by Crippen LogP contribution is 2.29. The van der Waals surface area contributed by atoms with Gasteiger partial charge in [0, 0.05) is 25.8 Å². The van der Waals surface area contributed by atoms with E-state index in [1.165, 1.54) is 0 Å². The molecule has 1 aliphatic rings. The van der Waals surface area contributed by atoms with Gasteiger partial charge in [-0.25, -0.2) is 4.79 Å². The summed E-state index contributed by atoms with van der Waals surface area (Å²) in [6, 6.07) is 16.3. The maximum absolute atomic E-state index is 12.9. The van der Waals surface area contributed by atoms with Gasteiger partial charge in [-0.05, 0) is 43.2 Å². The molecule has 0 radical (unpaired) electrons. The minimum Gasteiger partial charge on any atom is -0.497 e. The fourth-order valence-electron chi connectivity index (χ4n) is 3.52. The molecule has 3 rings (SSSR count). The Morgan fingerprint density at radius 2 is 1.81 bits per heavy atom. The third-order valence-electron chi connectivity index (χ3n) is 5.43. The van der Waals surface area contributed by atoms with Crippen LogP contribution < -0.4 is 20.3 Å². The van der Waals surface area contributed by atoms with Gasteiger partial charge in [0.2, 0.25) is 5.91 Å². The number of ether oxygens (including phenoxy) is 1. The number of anilines is 1. The number of hydrogen-bond donors (Lipinski definition) is 2. The molecule has 8 heteroatoms. The van der Waals surface area contributed by atoms with Gasteiger partial charge in [0.15, 0.2) is 0 Å². The van der Waals surface area contributed by atoms with Crippen LogP contribution in [0, 0.1) is 0 Å². The van der Waals surface area contributed by atoms with Crippen LogP contribution in [-0.2, 0) is 15.1 Å². The SMILES string of the molecule is COc1ccc([C@]2(C)NC(=O)N(CC(=O)NCCCN(C)c3ccccc3)C2=O)cc1. The summed E-state index contributed by atoms with van der Waals surface area (Å²) in [5.41, 5.74) is 0.506. The van der Waals surface area contributed by atoms with Crippen LogP contribution in [0.4, 0.5) is 10.5 Å². The van der Waals surface area contributed by atoms with Crippen molar-refractivity contribution in [1.82, 2.24) is 15.5 Å². The lowest BCUT2D eigenvalue weighted by Gasteiger charge is -2.22. The maximum Gasteiger partial charge on any atom is 0.325 e. The van der Waals surface area contributed by atoms with Crippen molar-refractivity contribution >= 4 is 23.5 Å². The molecular formula is C23H28N4O4. The highest BCUT2D eigenvalue weighted by Gasteiger charge is 2.49. The lowest BCUT2D eigenvalue weighted by molar-refractivity contribution is -0.134. The van der Waals surface area contributed by atoms with Gasteiger partial charge in [-0.15, -0.1) is 0 Å². The molecule has 0 bridgehead atoms. The summed E-state index contributed by atoms with van der Waals surface area (Å²) in [5.74, 6) is -0.176. The number of carbonyl (C=O) groups excluding carboxylic acids is 3. The van der Waals surface area contributed by atoms with Crippen LogP contribution in [0.25, 0.3) is 0 Å². The van der Waals surface area contributed by atoms with Crippen LogP contribution in [0.3, 0.4) is 0 Å². The van der Waals surface area contributed by atoms with Crippen LogP contribution in [0.5, 0.6) is 5.75 Å². The molecule has 1 heterocycles. The Balaban J connectivity index is 1.50. The predicted molar refractivity (Wildman–Crippen MR) is 118 cm³/mol. The van der Waals surface area contributed by atoms with Crippen molar-refractivity contribution in [2.75, 3.05) is 38.7 Å². The van der Waals surface area contributed by atoms with Crippen LogP contribution in [-0.4, -0.2) is 56.5 Å². The Morgan fingerprint density at radius 1 is 1.13 bits per heavy atom. The fraction of sp³-hybridized carbons (Fsp3) is 0.348. The number of nitrogens with one attached hydrogen (secondary N) is 2. The van der Waals surface area contributed by atoms with Crippen LogP contribution in [0.15, 0.2) is 54.6 Å². The van der Waals surface area contributed by atoms with Gasteiger partial charge in [-0.2, -0.15) is 0 Å². The molecule has 1 fully saturated rings. The monoisotopic (exact) mass is 424 g/mol. The molecule has 2 N–H and O–H groups in total. The van der Waals surface area contributed by atoms with E-state index < -0.39 is 17.5 Å². The van der Waals surface area contributed by atoms with Gasteiger partial charge < -0.3 is 20.3 Å². The first-order chi connectivity index (χ1) is 14.8. The first-order valence-electron chi connectivity index (χ1n) is 10.2. The molecule has 4 amide bonds. The molecule has 0 saturated carbocycles. The molecule has 0 aromatic heterocycles. The number of methoxy groups -OCH3 is 1. The Bertz CT molecular complexity index is 932. The van der Waals surface area contributed by atoms with Crippen molar-refractivity contribution in [3.05, 3.63) is 60.2 Å². The number of carbonyl (C=O) groups is 3. The predicted octanol–water partition coefficient (Wildman–Crippen LogP) is 2.10. The van der Waals surface area contributed by atoms with Crippen molar-refractivity contribution in [2.24, 2.45) is 0 Å². The Kier molecular flexibility index (Phi) is 6.79. The van der Waals surface area contributed by atoms with Crippen LogP contribution in [0.1, 0.15) is 18.9 Å². The van der Waals surface area contributed by atoms with E-state index in [0.29, 0.717) is 17.9 Å². The molecule has 0 spiro atoms. The summed E-state index contributed by atoms with van der Waals surface area (Å²) < 4.78 is 5.13. The van der Waals surface area contributed by atoms with E-state index in [-0.39, 0.29) is 12.5 Å².